The lowest BCUT2D eigenvalue weighted by atomic mass is 10.0. The van der Waals surface area contributed by atoms with Crippen LogP contribution in [0.3, 0.4) is 0 Å². The third-order valence-electron chi connectivity index (χ3n) is 6.48. The number of anilines is 1. The van der Waals surface area contributed by atoms with E-state index in [1.807, 2.05) is 11.0 Å². The highest BCUT2D eigenvalue weighted by molar-refractivity contribution is 5.76. The summed E-state index contributed by atoms with van der Waals surface area (Å²) in [6.45, 7) is 5.14. The van der Waals surface area contributed by atoms with Crippen LogP contribution in [0.15, 0.2) is 29.3 Å². The second kappa shape index (κ2) is 9.81. The number of carbonyl (C=O) groups excluding carboxylic acids is 1. The van der Waals surface area contributed by atoms with Gasteiger partial charge in [-0.15, -0.1) is 0 Å². The van der Waals surface area contributed by atoms with Crippen LogP contribution < -0.4 is 15.2 Å². The van der Waals surface area contributed by atoms with Crippen molar-refractivity contribution in [2.24, 2.45) is 11.8 Å². The molecular weight excluding hydrogens is 408 g/mol. The van der Waals surface area contributed by atoms with E-state index in [1.165, 1.54) is 0 Å². The SMILES string of the molecule is Cc1c(OC[C@H]2CC[C@H](CC(=O)N3CCN(c4ccc(C#N)cn4)CC3)C2)cn[nH]c1=O. The summed E-state index contributed by atoms with van der Waals surface area (Å²) in [5.74, 6) is 2.38. The average Bonchev–Trinajstić information content (AvgIpc) is 3.27. The van der Waals surface area contributed by atoms with Crippen LogP contribution in [0, 0.1) is 30.1 Å². The summed E-state index contributed by atoms with van der Waals surface area (Å²) in [5, 5.41) is 15.1. The molecule has 2 aliphatic rings. The molecule has 168 valence electrons. The normalized spacial score (nSPS) is 20.8. The molecule has 0 spiro atoms. The fourth-order valence-electron chi connectivity index (χ4n) is 4.51. The Hall–Kier alpha value is -3.41. The predicted molar refractivity (Wildman–Crippen MR) is 118 cm³/mol. The van der Waals surface area contributed by atoms with Crippen LogP contribution in [-0.4, -0.2) is 58.8 Å². The fraction of sp³-hybridized carbons (Fsp3) is 0.522. The topological polar surface area (TPSA) is 115 Å². The van der Waals surface area contributed by atoms with Crippen molar-refractivity contribution in [3.8, 4) is 11.8 Å². The number of piperazine rings is 1. The van der Waals surface area contributed by atoms with Crippen LogP contribution in [-0.2, 0) is 4.79 Å². The number of rotatable bonds is 6. The third-order valence-corrected chi connectivity index (χ3v) is 6.48. The molecule has 1 aliphatic carbocycles. The molecule has 2 aromatic rings. The van der Waals surface area contributed by atoms with E-state index >= 15 is 0 Å². The zero-order valence-corrected chi connectivity index (χ0v) is 18.3. The van der Waals surface area contributed by atoms with E-state index in [0.29, 0.717) is 54.8 Å². The third kappa shape index (κ3) is 5.07. The summed E-state index contributed by atoms with van der Waals surface area (Å²) in [6.07, 6.45) is 6.74. The highest BCUT2D eigenvalue weighted by atomic mass is 16.5. The minimum atomic E-state index is -0.229. The number of nitrogens with one attached hydrogen (secondary N) is 1. The molecule has 9 heteroatoms. The molecule has 2 fully saturated rings. The van der Waals surface area contributed by atoms with E-state index in [4.69, 9.17) is 10.00 Å². The first-order valence-corrected chi connectivity index (χ1v) is 11.1. The number of amides is 1. The van der Waals surface area contributed by atoms with Crippen molar-refractivity contribution >= 4 is 11.7 Å². The van der Waals surface area contributed by atoms with Crippen molar-refractivity contribution < 1.29 is 9.53 Å². The maximum Gasteiger partial charge on any atom is 0.270 e. The standard InChI is InChI=1S/C23H28N6O3/c1-16-20(14-26-27-23(16)31)32-15-18-3-2-17(10-18)11-22(30)29-8-6-28(7-9-29)21-5-4-19(12-24)13-25-21/h4-5,13-14,17-18H,2-3,6-11,15H2,1H3,(H,27,31)/t17-,18-/m0/s1. The molecule has 2 aromatic heterocycles. The van der Waals surface area contributed by atoms with Crippen molar-refractivity contribution in [2.45, 2.75) is 32.6 Å². The lowest BCUT2D eigenvalue weighted by molar-refractivity contribution is -0.132. The molecule has 3 heterocycles. The second-order valence-electron chi connectivity index (χ2n) is 8.63. The summed E-state index contributed by atoms with van der Waals surface area (Å²) in [6, 6.07) is 5.71. The fourth-order valence-corrected chi connectivity index (χ4v) is 4.51. The van der Waals surface area contributed by atoms with Crippen LogP contribution in [0.4, 0.5) is 5.82 Å². The van der Waals surface area contributed by atoms with Gasteiger partial charge in [0.15, 0.2) is 0 Å². The Kier molecular flexibility index (Phi) is 6.69. The number of hydrogen-bond acceptors (Lipinski definition) is 7. The lowest BCUT2D eigenvalue weighted by Gasteiger charge is -2.35. The Morgan fingerprint density at radius 2 is 2.00 bits per heavy atom. The van der Waals surface area contributed by atoms with Gasteiger partial charge in [0.2, 0.25) is 5.91 Å². The van der Waals surface area contributed by atoms with Gasteiger partial charge >= 0.3 is 0 Å². The Bertz CT molecular complexity index is 1040. The Balaban J connectivity index is 1.20. The zero-order valence-electron chi connectivity index (χ0n) is 18.3. The average molecular weight is 437 g/mol. The van der Waals surface area contributed by atoms with Gasteiger partial charge in [-0.2, -0.15) is 10.4 Å². The Morgan fingerprint density at radius 3 is 2.72 bits per heavy atom. The molecule has 9 nitrogen and oxygen atoms in total. The van der Waals surface area contributed by atoms with Gasteiger partial charge in [0.1, 0.15) is 17.6 Å². The van der Waals surface area contributed by atoms with E-state index < -0.39 is 0 Å². The monoisotopic (exact) mass is 436 g/mol. The molecule has 1 aliphatic heterocycles. The summed E-state index contributed by atoms with van der Waals surface area (Å²) in [5.41, 5.74) is 0.861. The van der Waals surface area contributed by atoms with Crippen molar-refractivity contribution in [2.75, 3.05) is 37.7 Å². The first-order valence-electron chi connectivity index (χ1n) is 11.1. The van der Waals surface area contributed by atoms with Gasteiger partial charge in [-0.3, -0.25) is 9.59 Å². The predicted octanol–water partition coefficient (Wildman–Crippen LogP) is 1.88. The number of aromatic amines is 1. The Morgan fingerprint density at radius 1 is 1.22 bits per heavy atom. The molecule has 2 atom stereocenters. The largest absolute Gasteiger partial charge is 0.491 e. The number of aromatic nitrogens is 3. The van der Waals surface area contributed by atoms with Crippen molar-refractivity contribution in [1.82, 2.24) is 20.1 Å². The summed E-state index contributed by atoms with van der Waals surface area (Å²) < 4.78 is 5.83. The van der Waals surface area contributed by atoms with Crippen molar-refractivity contribution in [3.05, 3.63) is 46.0 Å². The van der Waals surface area contributed by atoms with Crippen molar-refractivity contribution in [1.29, 1.82) is 5.26 Å². The van der Waals surface area contributed by atoms with Gasteiger partial charge in [-0.1, -0.05) is 0 Å². The van der Waals surface area contributed by atoms with Crippen LogP contribution in [0.5, 0.6) is 5.75 Å². The minimum Gasteiger partial charge on any atom is -0.491 e. The number of H-pyrrole nitrogens is 1. The first-order chi connectivity index (χ1) is 15.5. The lowest BCUT2D eigenvalue weighted by Crippen LogP contribution is -2.49. The molecule has 0 aromatic carbocycles. The highest BCUT2D eigenvalue weighted by Gasteiger charge is 2.30. The van der Waals surface area contributed by atoms with Crippen LogP contribution in [0.1, 0.15) is 36.8 Å². The van der Waals surface area contributed by atoms with E-state index in [1.54, 1.807) is 25.4 Å². The van der Waals surface area contributed by atoms with Crippen LogP contribution >= 0.6 is 0 Å². The molecule has 1 N–H and O–H groups in total. The molecule has 0 unspecified atom stereocenters. The van der Waals surface area contributed by atoms with Gasteiger partial charge in [0.25, 0.3) is 5.56 Å². The number of nitrogens with zero attached hydrogens (tertiary/aromatic N) is 5. The van der Waals surface area contributed by atoms with Gasteiger partial charge in [0, 0.05) is 38.8 Å². The quantitative estimate of drug-likeness (QED) is 0.735. The first kappa shape index (κ1) is 21.8. The molecule has 1 saturated heterocycles. The maximum absolute atomic E-state index is 12.8. The number of ether oxygens (including phenoxy) is 1. The van der Waals surface area contributed by atoms with Crippen LogP contribution in [0.2, 0.25) is 0 Å². The molecular formula is C23H28N6O3. The second-order valence-corrected chi connectivity index (χ2v) is 8.63. The number of carbonyl (C=O) groups is 1. The molecule has 1 saturated carbocycles. The summed E-state index contributed by atoms with van der Waals surface area (Å²) in [4.78, 5) is 32.9. The number of pyridine rings is 1. The van der Waals surface area contributed by atoms with E-state index in [2.05, 4.69) is 26.2 Å². The number of nitriles is 1. The van der Waals surface area contributed by atoms with E-state index in [0.717, 1.165) is 38.2 Å². The smallest absolute Gasteiger partial charge is 0.270 e. The summed E-state index contributed by atoms with van der Waals surface area (Å²) in [7, 11) is 0. The summed E-state index contributed by atoms with van der Waals surface area (Å²) >= 11 is 0. The van der Waals surface area contributed by atoms with E-state index in [-0.39, 0.29) is 11.5 Å². The van der Waals surface area contributed by atoms with Crippen LogP contribution in [0.25, 0.3) is 0 Å². The highest BCUT2D eigenvalue weighted by Crippen LogP contribution is 2.34. The molecule has 32 heavy (non-hydrogen) atoms. The van der Waals surface area contributed by atoms with Crippen molar-refractivity contribution in [3.63, 3.8) is 0 Å². The van der Waals surface area contributed by atoms with Gasteiger partial charge in [-0.25, -0.2) is 10.1 Å². The zero-order chi connectivity index (χ0) is 22.5. The maximum atomic E-state index is 12.8. The molecule has 0 radical (unpaired) electrons. The molecule has 0 bridgehead atoms. The van der Waals surface area contributed by atoms with Gasteiger partial charge in [0.05, 0.1) is 23.9 Å². The van der Waals surface area contributed by atoms with E-state index in [9.17, 15) is 9.59 Å². The van der Waals surface area contributed by atoms with Gasteiger partial charge in [-0.05, 0) is 50.2 Å². The molecule has 1 amide bonds. The minimum absolute atomic E-state index is 0.221. The van der Waals surface area contributed by atoms with Gasteiger partial charge < -0.3 is 14.5 Å². The Labute approximate surface area is 187 Å². The molecule has 4 rings (SSSR count). The number of hydrogen-bond donors (Lipinski definition) is 1.